The molecule has 196 valence electrons. The van der Waals surface area contributed by atoms with Gasteiger partial charge in [0.15, 0.2) is 0 Å². The molecule has 0 aromatic carbocycles. The van der Waals surface area contributed by atoms with Crippen LogP contribution in [0.1, 0.15) is 61.0 Å². The van der Waals surface area contributed by atoms with E-state index in [1.807, 2.05) is 0 Å². The second kappa shape index (κ2) is 11.5. The van der Waals surface area contributed by atoms with E-state index >= 15 is 0 Å². The number of nitrogens with two attached hydrogens (primary N) is 1. The SMILES string of the molecule is COC1COCCC1NC1CCC(C(=O)N2CCc3nc(CCCCN)c(C(F)(F)F)cc3C2)C1. The minimum atomic E-state index is -4.47. The number of nitrogens with zero attached hydrogens (tertiary/aromatic N) is 2. The fraction of sp³-hybridized carbons (Fsp3) is 0.760. The average Bonchev–Trinajstić information content (AvgIpc) is 3.31. The Labute approximate surface area is 204 Å². The third kappa shape index (κ3) is 6.34. The number of rotatable bonds is 8. The molecule has 3 aliphatic rings. The number of pyridine rings is 1. The van der Waals surface area contributed by atoms with Crippen LogP contribution in [0.2, 0.25) is 0 Å². The number of aromatic nitrogens is 1. The second-order valence-corrected chi connectivity index (χ2v) is 9.96. The minimum Gasteiger partial charge on any atom is -0.379 e. The Bertz CT molecular complexity index is 882. The van der Waals surface area contributed by atoms with Gasteiger partial charge in [0, 0.05) is 56.9 Å². The molecule has 10 heteroatoms. The Morgan fingerprint density at radius 3 is 2.89 bits per heavy atom. The highest BCUT2D eigenvalue weighted by atomic mass is 19.4. The molecular weight excluding hydrogens is 461 g/mol. The first kappa shape index (κ1) is 26.3. The van der Waals surface area contributed by atoms with Gasteiger partial charge in [0.05, 0.1) is 24.0 Å². The smallest absolute Gasteiger partial charge is 0.379 e. The molecule has 4 rings (SSSR count). The van der Waals surface area contributed by atoms with E-state index < -0.39 is 11.7 Å². The molecule has 0 spiro atoms. The lowest BCUT2D eigenvalue weighted by molar-refractivity contribution is -0.138. The highest BCUT2D eigenvalue weighted by Gasteiger charge is 2.38. The monoisotopic (exact) mass is 498 g/mol. The maximum absolute atomic E-state index is 13.7. The molecule has 0 bridgehead atoms. The lowest BCUT2D eigenvalue weighted by Gasteiger charge is -2.33. The van der Waals surface area contributed by atoms with E-state index in [1.54, 1.807) is 12.0 Å². The minimum absolute atomic E-state index is 0.00706. The van der Waals surface area contributed by atoms with E-state index in [9.17, 15) is 18.0 Å². The number of nitrogens with one attached hydrogen (secondary N) is 1. The Morgan fingerprint density at radius 2 is 2.14 bits per heavy atom. The molecule has 1 saturated heterocycles. The van der Waals surface area contributed by atoms with Crippen molar-refractivity contribution < 1.29 is 27.4 Å². The zero-order valence-corrected chi connectivity index (χ0v) is 20.4. The fourth-order valence-corrected chi connectivity index (χ4v) is 5.63. The topological polar surface area (TPSA) is 89.7 Å². The van der Waals surface area contributed by atoms with Gasteiger partial charge in [-0.2, -0.15) is 13.2 Å². The Morgan fingerprint density at radius 1 is 1.31 bits per heavy atom. The molecule has 1 saturated carbocycles. The van der Waals surface area contributed by atoms with Crippen LogP contribution in [0.4, 0.5) is 13.2 Å². The van der Waals surface area contributed by atoms with Crippen LogP contribution < -0.4 is 11.1 Å². The molecule has 3 heterocycles. The van der Waals surface area contributed by atoms with E-state index in [0.717, 1.165) is 25.7 Å². The summed E-state index contributed by atoms with van der Waals surface area (Å²) < 4.78 is 52.3. The average molecular weight is 499 g/mol. The van der Waals surface area contributed by atoms with Gasteiger partial charge in [-0.05, 0) is 63.1 Å². The fourth-order valence-electron chi connectivity index (χ4n) is 5.63. The summed E-state index contributed by atoms with van der Waals surface area (Å²) in [5.41, 5.74) is 6.10. The predicted molar refractivity (Wildman–Crippen MR) is 125 cm³/mol. The Kier molecular flexibility index (Phi) is 8.67. The zero-order valence-electron chi connectivity index (χ0n) is 20.4. The first-order chi connectivity index (χ1) is 16.8. The molecule has 35 heavy (non-hydrogen) atoms. The van der Waals surface area contributed by atoms with Gasteiger partial charge < -0.3 is 25.4 Å². The quantitative estimate of drug-likeness (QED) is 0.536. The first-order valence-electron chi connectivity index (χ1n) is 12.7. The third-order valence-corrected chi connectivity index (χ3v) is 7.57. The van der Waals surface area contributed by atoms with E-state index in [4.69, 9.17) is 15.2 Å². The molecule has 4 atom stereocenters. The summed E-state index contributed by atoms with van der Waals surface area (Å²) in [6, 6.07) is 1.66. The number of fused-ring (bicyclic) bond motifs is 1. The third-order valence-electron chi connectivity index (χ3n) is 7.57. The van der Waals surface area contributed by atoms with Gasteiger partial charge in [-0.15, -0.1) is 0 Å². The van der Waals surface area contributed by atoms with Gasteiger partial charge >= 0.3 is 6.18 Å². The molecule has 1 aromatic rings. The molecular formula is C25H37F3N4O3. The van der Waals surface area contributed by atoms with Crippen LogP contribution in [-0.2, 0) is 39.8 Å². The van der Waals surface area contributed by atoms with E-state index in [0.29, 0.717) is 56.8 Å². The summed E-state index contributed by atoms with van der Waals surface area (Å²) in [6.07, 6.45) is 0.815. The number of ether oxygens (including phenoxy) is 2. The summed E-state index contributed by atoms with van der Waals surface area (Å²) in [6.45, 7) is 2.39. The van der Waals surface area contributed by atoms with Crippen LogP contribution in [0.15, 0.2) is 6.07 Å². The molecule has 1 amide bonds. The molecule has 2 aliphatic heterocycles. The lowest BCUT2D eigenvalue weighted by atomic mass is 9.97. The summed E-state index contributed by atoms with van der Waals surface area (Å²) in [7, 11) is 1.69. The molecule has 7 nitrogen and oxygen atoms in total. The number of amides is 1. The van der Waals surface area contributed by atoms with Crippen LogP contribution >= 0.6 is 0 Å². The van der Waals surface area contributed by atoms with Gasteiger partial charge in [-0.3, -0.25) is 9.78 Å². The van der Waals surface area contributed by atoms with Gasteiger partial charge in [0.25, 0.3) is 0 Å². The zero-order chi connectivity index (χ0) is 25.0. The van der Waals surface area contributed by atoms with Crippen LogP contribution in [0.5, 0.6) is 0 Å². The van der Waals surface area contributed by atoms with Crippen molar-refractivity contribution in [2.75, 3.05) is 33.4 Å². The maximum Gasteiger partial charge on any atom is 0.418 e. The highest BCUT2D eigenvalue weighted by Crippen LogP contribution is 2.35. The number of aryl methyl sites for hydroxylation is 1. The maximum atomic E-state index is 13.7. The number of halogens is 3. The number of carbonyl (C=O) groups is 1. The molecule has 2 fully saturated rings. The normalized spacial score (nSPS) is 27.2. The number of alkyl halides is 3. The van der Waals surface area contributed by atoms with Crippen molar-refractivity contribution in [1.82, 2.24) is 15.2 Å². The van der Waals surface area contributed by atoms with Gasteiger partial charge in [-0.1, -0.05) is 0 Å². The van der Waals surface area contributed by atoms with Crippen molar-refractivity contribution >= 4 is 5.91 Å². The van der Waals surface area contributed by atoms with Gasteiger partial charge in [0.1, 0.15) is 0 Å². The molecule has 1 aliphatic carbocycles. The number of methoxy groups -OCH3 is 1. The van der Waals surface area contributed by atoms with Crippen molar-refractivity contribution in [2.24, 2.45) is 11.7 Å². The van der Waals surface area contributed by atoms with Crippen molar-refractivity contribution in [2.45, 2.75) is 82.3 Å². The van der Waals surface area contributed by atoms with Crippen LogP contribution in [0, 0.1) is 5.92 Å². The van der Waals surface area contributed by atoms with Crippen molar-refractivity contribution in [3.8, 4) is 0 Å². The largest absolute Gasteiger partial charge is 0.418 e. The lowest BCUT2D eigenvalue weighted by Crippen LogP contribution is -2.50. The van der Waals surface area contributed by atoms with E-state index in [1.165, 1.54) is 6.07 Å². The van der Waals surface area contributed by atoms with Crippen molar-refractivity contribution in [1.29, 1.82) is 0 Å². The Hall–Kier alpha value is -1.75. The van der Waals surface area contributed by atoms with Crippen LogP contribution in [0.3, 0.4) is 0 Å². The highest BCUT2D eigenvalue weighted by molar-refractivity contribution is 5.79. The number of carbonyl (C=O) groups excluding carboxylic acids is 1. The van der Waals surface area contributed by atoms with Crippen LogP contribution in [0.25, 0.3) is 0 Å². The molecule has 4 unspecified atom stereocenters. The Balaban J connectivity index is 1.39. The standard InChI is InChI=1S/C25H37F3N4O3/c1-34-23-15-35-11-8-22(23)30-18-6-5-16(12-18)24(33)32-10-7-20-17(14-32)13-19(25(26,27)28)21(31-20)4-2-3-9-29/h13,16,18,22-23,30H,2-12,14-15,29H2,1H3. The molecule has 1 aromatic heterocycles. The first-order valence-corrected chi connectivity index (χ1v) is 12.7. The summed E-state index contributed by atoms with van der Waals surface area (Å²) in [4.78, 5) is 19.4. The van der Waals surface area contributed by atoms with E-state index in [2.05, 4.69) is 10.3 Å². The summed E-state index contributed by atoms with van der Waals surface area (Å²) in [5.74, 6) is -0.0729. The van der Waals surface area contributed by atoms with Crippen molar-refractivity contribution in [3.05, 3.63) is 28.6 Å². The van der Waals surface area contributed by atoms with Gasteiger partial charge in [-0.25, -0.2) is 0 Å². The van der Waals surface area contributed by atoms with E-state index in [-0.39, 0.29) is 48.7 Å². The van der Waals surface area contributed by atoms with Crippen molar-refractivity contribution in [3.63, 3.8) is 0 Å². The number of hydrogen-bond donors (Lipinski definition) is 2. The van der Waals surface area contributed by atoms with Gasteiger partial charge in [0.2, 0.25) is 5.91 Å². The predicted octanol–water partition coefficient (Wildman–Crippen LogP) is 2.83. The second-order valence-electron chi connectivity index (χ2n) is 9.96. The van der Waals surface area contributed by atoms with Crippen LogP contribution in [-0.4, -0.2) is 67.4 Å². The molecule has 3 N–H and O–H groups in total. The summed E-state index contributed by atoms with van der Waals surface area (Å²) >= 11 is 0. The summed E-state index contributed by atoms with van der Waals surface area (Å²) in [5, 5.41) is 3.65. The molecule has 0 radical (unpaired) electrons. The number of unbranched alkanes of at least 4 members (excludes halogenated alkanes) is 1. The number of hydrogen-bond acceptors (Lipinski definition) is 6.